The highest BCUT2D eigenvalue weighted by Gasteiger charge is 2.25. The smallest absolute Gasteiger partial charge is 0.255 e. The van der Waals surface area contributed by atoms with Crippen LogP contribution in [0.3, 0.4) is 0 Å². The van der Waals surface area contributed by atoms with E-state index < -0.39 is 0 Å². The van der Waals surface area contributed by atoms with E-state index in [-0.39, 0.29) is 5.91 Å². The van der Waals surface area contributed by atoms with Crippen LogP contribution in [0.2, 0.25) is 0 Å². The lowest BCUT2D eigenvalue weighted by molar-refractivity contribution is 0.0766. The number of carbonyl (C=O) groups excluding carboxylic acids is 1. The summed E-state index contributed by atoms with van der Waals surface area (Å²) < 4.78 is 7.16. The zero-order valence-corrected chi connectivity index (χ0v) is 17.6. The summed E-state index contributed by atoms with van der Waals surface area (Å²) in [5, 5.41) is 13.5. The second-order valence-electron chi connectivity index (χ2n) is 7.68. The molecule has 0 aliphatic carbocycles. The molecule has 1 amide bonds. The third-order valence-corrected chi connectivity index (χ3v) is 5.65. The van der Waals surface area contributed by atoms with Gasteiger partial charge in [0.15, 0.2) is 5.82 Å². The zero-order chi connectivity index (χ0) is 21.3. The van der Waals surface area contributed by atoms with E-state index in [9.17, 15) is 10.1 Å². The molecule has 0 spiro atoms. The lowest BCUT2D eigenvalue weighted by Gasteiger charge is -2.24. The van der Waals surface area contributed by atoms with Crippen LogP contribution >= 0.6 is 0 Å². The second kappa shape index (κ2) is 8.07. The fraction of sp³-hybridized carbons (Fsp3) is 0.348. The molecule has 0 atom stereocenters. The van der Waals surface area contributed by atoms with Gasteiger partial charge in [0.1, 0.15) is 11.8 Å². The SMILES string of the molecule is Cc1cc(-n2c(C)cc(C(=O)N3CCCN(c4ccccc4C#N)CC3)c2C)no1. The lowest BCUT2D eigenvalue weighted by atomic mass is 10.1. The van der Waals surface area contributed by atoms with Crippen molar-refractivity contribution in [3.8, 4) is 11.9 Å². The zero-order valence-electron chi connectivity index (χ0n) is 17.6. The minimum atomic E-state index is 0.0324. The van der Waals surface area contributed by atoms with Gasteiger partial charge in [-0.15, -0.1) is 0 Å². The number of carbonyl (C=O) groups is 1. The highest BCUT2D eigenvalue weighted by molar-refractivity contribution is 5.96. The molecule has 7 nitrogen and oxygen atoms in total. The van der Waals surface area contributed by atoms with Gasteiger partial charge < -0.3 is 14.3 Å². The van der Waals surface area contributed by atoms with Crippen molar-refractivity contribution in [2.75, 3.05) is 31.1 Å². The summed E-state index contributed by atoms with van der Waals surface area (Å²) in [5.41, 5.74) is 4.11. The number of nitriles is 1. The monoisotopic (exact) mass is 403 g/mol. The van der Waals surface area contributed by atoms with Crippen LogP contribution in [0.5, 0.6) is 0 Å². The Hall–Kier alpha value is -3.53. The standard InChI is InChI=1S/C23H25N5O2/c1-16-13-20(18(3)28(16)22-14-17(2)30-25-22)23(29)27-10-6-9-26(11-12-27)21-8-5-4-7-19(21)15-24/h4-5,7-8,13-14H,6,9-12H2,1-3H3. The van der Waals surface area contributed by atoms with Crippen LogP contribution in [0.25, 0.3) is 5.82 Å². The summed E-state index contributed by atoms with van der Waals surface area (Å²) in [5.74, 6) is 1.46. The van der Waals surface area contributed by atoms with Crippen LogP contribution < -0.4 is 4.90 Å². The third kappa shape index (κ3) is 3.57. The molecular weight excluding hydrogens is 378 g/mol. The van der Waals surface area contributed by atoms with E-state index in [1.54, 1.807) is 0 Å². The van der Waals surface area contributed by atoms with Gasteiger partial charge in [-0.1, -0.05) is 17.3 Å². The van der Waals surface area contributed by atoms with Crippen molar-refractivity contribution in [1.82, 2.24) is 14.6 Å². The van der Waals surface area contributed by atoms with Crippen molar-refractivity contribution in [2.24, 2.45) is 0 Å². The Kier molecular flexibility index (Phi) is 5.32. The summed E-state index contributed by atoms with van der Waals surface area (Å²) in [7, 11) is 0. The maximum Gasteiger partial charge on any atom is 0.255 e. The van der Waals surface area contributed by atoms with Gasteiger partial charge in [0, 0.05) is 43.6 Å². The molecule has 154 valence electrons. The molecule has 0 unspecified atom stereocenters. The Morgan fingerprint density at radius 1 is 1.10 bits per heavy atom. The summed E-state index contributed by atoms with van der Waals surface area (Å²) >= 11 is 0. The molecule has 0 saturated carbocycles. The predicted octanol–water partition coefficient (Wildman–Crippen LogP) is 3.61. The topological polar surface area (TPSA) is 78.3 Å². The van der Waals surface area contributed by atoms with Crippen LogP contribution in [-0.4, -0.2) is 46.7 Å². The Bertz CT molecular complexity index is 1120. The van der Waals surface area contributed by atoms with Crippen LogP contribution in [0.4, 0.5) is 5.69 Å². The molecular formula is C23H25N5O2. The Morgan fingerprint density at radius 2 is 1.90 bits per heavy atom. The highest BCUT2D eigenvalue weighted by atomic mass is 16.5. The number of aromatic nitrogens is 2. The van der Waals surface area contributed by atoms with E-state index >= 15 is 0 Å². The van der Waals surface area contributed by atoms with Gasteiger partial charge in [-0.2, -0.15) is 5.26 Å². The number of nitrogens with zero attached hydrogens (tertiary/aromatic N) is 5. The first-order chi connectivity index (χ1) is 14.5. The fourth-order valence-corrected chi connectivity index (χ4v) is 4.17. The molecule has 1 aliphatic rings. The van der Waals surface area contributed by atoms with Crippen molar-refractivity contribution in [3.63, 3.8) is 0 Å². The van der Waals surface area contributed by atoms with E-state index in [4.69, 9.17) is 4.52 Å². The molecule has 7 heteroatoms. The predicted molar refractivity (Wildman–Crippen MR) is 114 cm³/mol. The lowest BCUT2D eigenvalue weighted by Crippen LogP contribution is -2.35. The number of aryl methyl sites for hydroxylation is 2. The average molecular weight is 403 g/mol. The van der Waals surface area contributed by atoms with Crippen LogP contribution in [0.15, 0.2) is 40.9 Å². The first-order valence-corrected chi connectivity index (χ1v) is 10.2. The molecule has 0 radical (unpaired) electrons. The summed E-state index contributed by atoms with van der Waals surface area (Å²) in [4.78, 5) is 17.5. The first kappa shape index (κ1) is 19.8. The van der Waals surface area contributed by atoms with Gasteiger partial charge in [-0.3, -0.25) is 9.36 Å². The number of benzene rings is 1. The molecule has 3 heterocycles. The fourth-order valence-electron chi connectivity index (χ4n) is 4.17. The molecule has 2 aromatic heterocycles. The number of hydrogen-bond acceptors (Lipinski definition) is 5. The second-order valence-corrected chi connectivity index (χ2v) is 7.68. The highest BCUT2D eigenvalue weighted by Crippen LogP contribution is 2.24. The third-order valence-electron chi connectivity index (χ3n) is 5.65. The summed E-state index contributed by atoms with van der Waals surface area (Å²) in [6, 6.07) is 13.7. The number of rotatable bonds is 3. The van der Waals surface area contributed by atoms with Crippen molar-refractivity contribution in [3.05, 3.63) is 64.7 Å². The molecule has 0 bridgehead atoms. The first-order valence-electron chi connectivity index (χ1n) is 10.2. The van der Waals surface area contributed by atoms with Gasteiger partial charge in [-0.05, 0) is 45.4 Å². The van der Waals surface area contributed by atoms with Gasteiger partial charge in [0.25, 0.3) is 5.91 Å². The molecule has 30 heavy (non-hydrogen) atoms. The van der Waals surface area contributed by atoms with Crippen molar-refractivity contribution < 1.29 is 9.32 Å². The molecule has 3 aromatic rings. The minimum absolute atomic E-state index is 0.0324. The van der Waals surface area contributed by atoms with Gasteiger partial charge in [0.05, 0.1) is 16.8 Å². The van der Waals surface area contributed by atoms with Crippen molar-refractivity contribution in [1.29, 1.82) is 5.26 Å². The van der Waals surface area contributed by atoms with E-state index in [1.165, 1.54) is 0 Å². The molecule has 1 aliphatic heterocycles. The van der Waals surface area contributed by atoms with Crippen molar-refractivity contribution in [2.45, 2.75) is 27.2 Å². The number of anilines is 1. The molecule has 1 saturated heterocycles. The number of para-hydroxylation sites is 1. The summed E-state index contributed by atoms with van der Waals surface area (Å²) in [6.45, 7) is 8.59. The van der Waals surface area contributed by atoms with Crippen LogP contribution in [0.1, 0.15) is 39.5 Å². The average Bonchev–Trinajstić information content (AvgIpc) is 3.18. The van der Waals surface area contributed by atoms with Gasteiger partial charge >= 0.3 is 0 Å². The van der Waals surface area contributed by atoms with Gasteiger partial charge in [0.2, 0.25) is 0 Å². The molecule has 4 rings (SSSR count). The quantitative estimate of drug-likeness (QED) is 0.667. The van der Waals surface area contributed by atoms with Crippen molar-refractivity contribution >= 4 is 11.6 Å². The minimum Gasteiger partial charge on any atom is -0.369 e. The number of amides is 1. The Labute approximate surface area is 176 Å². The van der Waals surface area contributed by atoms with Crippen LogP contribution in [-0.2, 0) is 0 Å². The van der Waals surface area contributed by atoms with E-state index in [1.807, 2.05) is 66.6 Å². The normalized spacial score (nSPS) is 14.5. The largest absolute Gasteiger partial charge is 0.369 e. The van der Waals surface area contributed by atoms with E-state index in [2.05, 4.69) is 16.1 Å². The van der Waals surface area contributed by atoms with Gasteiger partial charge in [-0.25, -0.2) is 0 Å². The molecule has 1 fully saturated rings. The van der Waals surface area contributed by atoms with Crippen LogP contribution in [0, 0.1) is 32.1 Å². The Balaban J connectivity index is 1.54. The number of hydrogen-bond donors (Lipinski definition) is 0. The maximum absolute atomic E-state index is 13.3. The maximum atomic E-state index is 13.3. The molecule has 1 aromatic carbocycles. The van der Waals surface area contributed by atoms with E-state index in [0.29, 0.717) is 36.6 Å². The molecule has 0 N–H and O–H groups in total. The van der Waals surface area contributed by atoms with E-state index in [0.717, 1.165) is 35.8 Å². The summed E-state index contributed by atoms with van der Waals surface area (Å²) in [6.07, 6.45) is 0.854. The Morgan fingerprint density at radius 3 is 2.63 bits per heavy atom.